The highest BCUT2D eigenvalue weighted by Gasteiger charge is 1.80. The van der Waals surface area contributed by atoms with Gasteiger partial charge in [-0.1, -0.05) is 9.64 Å². The first-order valence-corrected chi connectivity index (χ1v) is 5.04. The molecule has 0 radical (unpaired) electrons. The fraction of sp³-hybridized carbons (Fsp3) is 1.00. The summed E-state index contributed by atoms with van der Waals surface area (Å²) in [6.45, 7) is 1.97. The maximum atomic E-state index is 4.88. The highest BCUT2D eigenvalue weighted by atomic mass is 32.8. The lowest BCUT2D eigenvalue weighted by atomic mass is 10.7. The smallest absolute Gasteiger partial charge is 0.0186 e. The van der Waals surface area contributed by atoms with Crippen LogP contribution >= 0.6 is 0 Å². The standard InChI is InChI=1S/C4H12N2S2/c1-5-3-4-6-8(2)7/h5-6H,3-4H2,1-2H3. The molecule has 0 aliphatic heterocycles. The summed E-state index contributed by atoms with van der Waals surface area (Å²) in [5.41, 5.74) is 0. The highest BCUT2D eigenvalue weighted by Crippen LogP contribution is 1.61. The third-order valence-corrected chi connectivity index (χ3v) is 1.64. The van der Waals surface area contributed by atoms with Crippen LogP contribution < -0.4 is 10.0 Å². The second kappa shape index (κ2) is 5.62. The van der Waals surface area contributed by atoms with Gasteiger partial charge in [-0.15, -0.1) is 0 Å². The number of hydrogen-bond acceptors (Lipinski definition) is 2. The molecule has 8 heavy (non-hydrogen) atoms. The first-order valence-electron chi connectivity index (χ1n) is 2.49. The van der Waals surface area contributed by atoms with Gasteiger partial charge >= 0.3 is 0 Å². The number of likely N-dealkylation sites (N-methyl/N-ethyl adjacent to an activating group) is 1. The van der Waals surface area contributed by atoms with Gasteiger partial charge in [-0.05, 0) is 24.5 Å². The Morgan fingerprint density at radius 2 is 2.12 bits per heavy atom. The Hall–Kier alpha value is 0.490. The van der Waals surface area contributed by atoms with Crippen LogP contribution in [0.15, 0.2) is 0 Å². The van der Waals surface area contributed by atoms with Crippen LogP contribution in [0.2, 0.25) is 0 Å². The van der Waals surface area contributed by atoms with E-state index in [4.69, 9.17) is 11.2 Å². The van der Waals surface area contributed by atoms with E-state index in [1.54, 1.807) is 0 Å². The van der Waals surface area contributed by atoms with E-state index in [1.165, 1.54) is 0 Å². The summed E-state index contributed by atoms with van der Waals surface area (Å²) in [4.78, 5) is 0. The Morgan fingerprint density at radius 1 is 1.50 bits per heavy atom. The second-order valence-electron chi connectivity index (χ2n) is 1.45. The van der Waals surface area contributed by atoms with Gasteiger partial charge in [0.25, 0.3) is 0 Å². The van der Waals surface area contributed by atoms with Crippen LogP contribution in [0.3, 0.4) is 0 Å². The molecule has 0 amide bonds. The minimum Gasteiger partial charge on any atom is -0.318 e. The first-order chi connectivity index (χ1) is 3.77. The fourth-order valence-electron chi connectivity index (χ4n) is 0.320. The normalized spacial score (nSPS) is 13.8. The molecule has 1 atom stereocenters. The van der Waals surface area contributed by atoms with Crippen LogP contribution in [0.1, 0.15) is 0 Å². The molecule has 0 aromatic carbocycles. The van der Waals surface area contributed by atoms with E-state index in [1.807, 2.05) is 13.3 Å². The van der Waals surface area contributed by atoms with Crippen LogP contribution in [0.25, 0.3) is 0 Å². The van der Waals surface area contributed by atoms with Gasteiger partial charge in [-0.2, -0.15) is 0 Å². The van der Waals surface area contributed by atoms with Crippen LogP contribution in [0.4, 0.5) is 0 Å². The Bertz CT molecular complexity index is 74.4. The molecular weight excluding hydrogens is 140 g/mol. The maximum Gasteiger partial charge on any atom is 0.0186 e. The first kappa shape index (κ1) is 8.49. The van der Waals surface area contributed by atoms with Crippen molar-refractivity contribution in [3.05, 3.63) is 0 Å². The monoisotopic (exact) mass is 152 g/mol. The van der Waals surface area contributed by atoms with Crippen LogP contribution in [-0.2, 0) is 20.8 Å². The molecule has 4 heteroatoms. The minimum absolute atomic E-state index is 0.0237. The topological polar surface area (TPSA) is 24.1 Å². The van der Waals surface area contributed by atoms with Gasteiger partial charge in [0.2, 0.25) is 0 Å². The summed E-state index contributed by atoms with van der Waals surface area (Å²) in [6.07, 6.45) is 1.99. The Morgan fingerprint density at radius 3 is 2.50 bits per heavy atom. The average molecular weight is 152 g/mol. The van der Waals surface area contributed by atoms with E-state index >= 15 is 0 Å². The quantitative estimate of drug-likeness (QED) is 0.527. The van der Waals surface area contributed by atoms with Crippen molar-refractivity contribution >= 4 is 20.8 Å². The summed E-state index contributed by atoms with van der Waals surface area (Å²) in [7, 11) is 1.91. The largest absolute Gasteiger partial charge is 0.318 e. The van der Waals surface area contributed by atoms with Gasteiger partial charge in [0.1, 0.15) is 0 Å². The molecule has 0 heterocycles. The van der Waals surface area contributed by atoms with E-state index in [0.29, 0.717) is 0 Å². The molecule has 2 nitrogen and oxygen atoms in total. The lowest BCUT2D eigenvalue weighted by molar-refractivity contribution is 0.776. The van der Waals surface area contributed by atoms with E-state index < -0.39 is 0 Å². The second-order valence-corrected chi connectivity index (χ2v) is 4.15. The van der Waals surface area contributed by atoms with Crippen LogP contribution in [-0.4, -0.2) is 26.4 Å². The molecule has 0 aromatic heterocycles. The zero-order chi connectivity index (χ0) is 6.41. The third kappa shape index (κ3) is 6.49. The van der Waals surface area contributed by atoms with Crippen molar-refractivity contribution in [3.63, 3.8) is 0 Å². The molecule has 0 spiro atoms. The molecule has 0 saturated heterocycles. The summed E-state index contributed by atoms with van der Waals surface area (Å²) < 4.78 is 3.13. The highest BCUT2D eigenvalue weighted by molar-refractivity contribution is 8.27. The lowest BCUT2D eigenvalue weighted by Crippen LogP contribution is -2.25. The van der Waals surface area contributed by atoms with Gasteiger partial charge in [-0.25, -0.2) is 0 Å². The predicted molar refractivity (Wildman–Crippen MR) is 42.6 cm³/mol. The Balaban J connectivity index is 2.82. The molecule has 0 saturated carbocycles. The Labute approximate surface area is 57.8 Å². The van der Waals surface area contributed by atoms with E-state index in [9.17, 15) is 0 Å². The van der Waals surface area contributed by atoms with Crippen LogP contribution in [0, 0.1) is 0 Å². The zero-order valence-electron chi connectivity index (χ0n) is 5.23. The summed E-state index contributed by atoms with van der Waals surface area (Å²) in [5.74, 6) is 0. The van der Waals surface area contributed by atoms with E-state index in [2.05, 4.69) is 10.0 Å². The number of rotatable bonds is 4. The van der Waals surface area contributed by atoms with E-state index in [-0.39, 0.29) is 9.64 Å². The molecular formula is C4H12N2S2. The molecule has 2 N–H and O–H groups in total. The van der Waals surface area contributed by atoms with Gasteiger partial charge in [0, 0.05) is 13.1 Å². The van der Waals surface area contributed by atoms with Crippen molar-refractivity contribution in [2.24, 2.45) is 0 Å². The molecule has 0 rings (SSSR count). The van der Waals surface area contributed by atoms with E-state index in [0.717, 1.165) is 13.1 Å². The van der Waals surface area contributed by atoms with Crippen molar-refractivity contribution < 1.29 is 0 Å². The molecule has 0 aliphatic rings. The molecule has 0 aromatic rings. The van der Waals surface area contributed by atoms with Crippen molar-refractivity contribution in [3.8, 4) is 0 Å². The Kier molecular flexibility index (Phi) is 5.97. The van der Waals surface area contributed by atoms with Crippen molar-refractivity contribution in [2.45, 2.75) is 0 Å². The molecule has 0 bridgehead atoms. The summed E-state index contributed by atoms with van der Waals surface area (Å²) in [5, 5.41) is 3.02. The summed E-state index contributed by atoms with van der Waals surface area (Å²) >= 11 is 4.88. The summed E-state index contributed by atoms with van der Waals surface area (Å²) in [6, 6.07) is 0. The minimum atomic E-state index is -0.0237. The SMILES string of the molecule is CNCCNS(C)=S. The van der Waals surface area contributed by atoms with Gasteiger partial charge in [0.05, 0.1) is 0 Å². The third-order valence-electron chi connectivity index (χ3n) is 0.680. The molecule has 0 aliphatic carbocycles. The fourth-order valence-corrected chi connectivity index (χ4v) is 0.959. The van der Waals surface area contributed by atoms with Crippen molar-refractivity contribution in [2.75, 3.05) is 26.4 Å². The van der Waals surface area contributed by atoms with Gasteiger partial charge < -0.3 is 5.32 Å². The van der Waals surface area contributed by atoms with Gasteiger partial charge in [-0.3, -0.25) is 4.72 Å². The van der Waals surface area contributed by atoms with Crippen LogP contribution in [0.5, 0.6) is 0 Å². The molecule has 1 unspecified atom stereocenters. The zero-order valence-corrected chi connectivity index (χ0v) is 6.86. The predicted octanol–water partition coefficient (Wildman–Crippen LogP) is -0.580. The van der Waals surface area contributed by atoms with Gasteiger partial charge in [0.15, 0.2) is 0 Å². The molecule has 50 valence electrons. The van der Waals surface area contributed by atoms with Crippen molar-refractivity contribution in [1.29, 1.82) is 0 Å². The lowest BCUT2D eigenvalue weighted by Gasteiger charge is -1.99. The number of nitrogens with one attached hydrogen (secondary N) is 2. The maximum absolute atomic E-state index is 4.88. The number of hydrogen-bond donors (Lipinski definition) is 2. The molecule has 0 fully saturated rings. The van der Waals surface area contributed by atoms with Crippen molar-refractivity contribution in [1.82, 2.24) is 10.0 Å². The average Bonchev–Trinajstić information content (AvgIpc) is 1.66.